The number of Topliss-reactive ketones (excluding diaryl/α,β-unsaturated/α-hetero) is 1. The van der Waals surface area contributed by atoms with Crippen molar-refractivity contribution in [3.63, 3.8) is 0 Å². The quantitative estimate of drug-likeness (QED) is 0.576. The smallest absolute Gasteiger partial charge is 0.214 e. The summed E-state index contributed by atoms with van der Waals surface area (Å²) in [6.45, 7) is 4.22. The maximum atomic E-state index is 10.7. The van der Waals surface area contributed by atoms with Gasteiger partial charge in [0.15, 0.2) is 5.78 Å². The predicted molar refractivity (Wildman–Crippen MR) is 46.6 cm³/mol. The van der Waals surface area contributed by atoms with Gasteiger partial charge in [0.2, 0.25) is 5.91 Å². The van der Waals surface area contributed by atoms with Crippen molar-refractivity contribution in [1.29, 1.82) is 0 Å². The van der Waals surface area contributed by atoms with Crippen molar-refractivity contribution in [2.75, 3.05) is 6.54 Å². The molecular formula is C8H16N2O2. The first-order valence-corrected chi connectivity index (χ1v) is 4.10. The molecule has 1 heterocycles. The Hall–Kier alpha value is -0.900. The Kier molecular flexibility index (Phi) is 5.28. The second-order valence-corrected chi connectivity index (χ2v) is 2.74. The van der Waals surface area contributed by atoms with Gasteiger partial charge in [0.1, 0.15) is 0 Å². The molecule has 1 aliphatic heterocycles. The summed E-state index contributed by atoms with van der Waals surface area (Å²) in [5.41, 5.74) is 4.47. The molecule has 0 aromatic rings. The van der Waals surface area contributed by atoms with Crippen LogP contribution in [0.3, 0.4) is 0 Å². The molecule has 0 aromatic carbocycles. The van der Waals surface area contributed by atoms with Gasteiger partial charge in [0.05, 0.1) is 6.04 Å². The molecule has 3 N–H and O–H groups in total. The van der Waals surface area contributed by atoms with Crippen molar-refractivity contribution >= 4 is 11.7 Å². The highest BCUT2D eigenvalue weighted by Crippen LogP contribution is 2.02. The Morgan fingerprint density at radius 2 is 2.25 bits per heavy atom. The lowest BCUT2D eigenvalue weighted by Crippen LogP contribution is -2.25. The second-order valence-electron chi connectivity index (χ2n) is 2.74. The highest BCUT2D eigenvalue weighted by molar-refractivity contribution is 5.85. The van der Waals surface area contributed by atoms with Gasteiger partial charge in [0, 0.05) is 19.9 Å². The van der Waals surface area contributed by atoms with Gasteiger partial charge in [-0.05, 0) is 6.42 Å². The van der Waals surface area contributed by atoms with E-state index in [4.69, 9.17) is 0 Å². The molecule has 70 valence electrons. The number of rotatable bonds is 1. The Balaban J connectivity index is 0.000000261. The van der Waals surface area contributed by atoms with Crippen LogP contribution in [0, 0.1) is 0 Å². The monoisotopic (exact) mass is 172 g/mol. The third kappa shape index (κ3) is 4.85. The van der Waals surface area contributed by atoms with E-state index in [1.54, 1.807) is 0 Å². The predicted octanol–water partition coefficient (Wildman–Crippen LogP) is -0.181. The van der Waals surface area contributed by atoms with Crippen LogP contribution in [-0.2, 0) is 9.59 Å². The Bertz CT molecular complexity index is 164. The first-order chi connectivity index (χ1) is 5.57. The fourth-order valence-corrected chi connectivity index (χ4v) is 1.03. The molecule has 12 heavy (non-hydrogen) atoms. The van der Waals surface area contributed by atoms with Crippen LogP contribution in [0.4, 0.5) is 0 Å². The number of nitrogens with one attached hydrogen (secondary N) is 1. The summed E-state index contributed by atoms with van der Waals surface area (Å²) in [6, 6.07) is 0.176. The molecule has 0 spiro atoms. The van der Waals surface area contributed by atoms with Crippen LogP contribution < -0.4 is 11.1 Å². The maximum absolute atomic E-state index is 10.7. The van der Waals surface area contributed by atoms with Crippen LogP contribution in [0.5, 0.6) is 0 Å². The topological polar surface area (TPSA) is 72.2 Å². The molecule has 1 atom stereocenters. The van der Waals surface area contributed by atoms with Crippen LogP contribution in [0.15, 0.2) is 0 Å². The molecule has 1 fully saturated rings. The first-order valence-electron chi connectivity index (χ1n) is 4.10. The zero-order valence-electron chi connectivity index (χ0n) is 7.59. The Morgan fingerprint density at radius 3 is 2.42 bits per heavy atom. The summed E-state index contributed by atoms with van der Waals surface area (Å²) >= 11 is 0. The van der Waals surface area contributed by atoms with Crippen LogP contribution in [-0.4, -0.2) is 24.3 Å². The molecule has 4 heteroatoms. The fourth-order valence-electron chi connectivity index (χ4n) is 1.03. The molecule has 4 nitrogen and oxygen atoms in total. The van der Waals surface area contributed by atoms with E-state index >= 15 is 0 Å². The van der Waals surface area contributed by atoms with Gasteiger partial charge < -0.3 is 11.1 Å². The third-order valence-electron chi connectivity index (χ3n) is 1.56. The Labute approximate surface area is 72.5 Å². The van der Waals surface area contributed by atoms with E-state index in [2.05, 4.69) is 11.1 Å². The number of hydrogen-bond donors (Lipinski definition) is 2. The summed E-state index contributed by atoms with van der Waals surface area (Å²) in [6.07, 6.45) is 1.68. The van der Waals surface area contributed by atoms with Crippen molar-refractivity contribution in [1.82, 2.24) is 5.32 Å². The molecule has 0 saturated carbocycles. The van der Waals surface area contributed by atoms with Gasteiger partial charge in [-0.2, -0.15) is 0 Å². The number of carbonyl (C=O) groups is 2. The van der Waals surface area contributed by atoms with E-state index in [9.17, 15) is 9.59 Å². The number of hydrogen-bond acceptors (Lipinski definition) is 3. The standard InChI is InChI=1S/C6H11NO.C2H5NO/c1-2-5-6(8)3-4-7-5;1-2(3)4/h5,7H,2-4H2,1H3;1H3,(H2,3,4)/t5-;/m0./s1. The van der Waals surface area contributed by atoms with Crippen molar-refractivity contribution in [3.05, 3.63) is 0 Å². The highest BCUT2D eigenvalue weighted by Gasteiger charge is 2.20. The van der Waals surface area contributed by atoms with Crippen molar-refractivity contribution in [3.8, 4) is 0 Å². The van der Waals surface area contributed by atoms with E-state index in [1.165, 1.54) is 6.92 Å². The van der Waals surface area contributed by atoms with Gasteiger partial charge in [0.25, 0.3) is 0 Å². The van der Waals surface area contributed by atoms with Gasteiger partial charge in [-0.1, -0.05) is 6.92 Å². The van der Waals surface area contributed by atoms with E-state index in [1.807, 2.05) is 6.92 Å². The minimum atomic E-state index is -0.333. The van der Waals surface area contributed by atoms with Gasteiger partial charge in [-0.15, -0.1) is 0 Å². The van der Waals surface area contributed by atoms with E-state index < -0.39 is 0 Å². The average molecular weight is 172 g/mol. The van der Waals surface area contributed by atoms with Gasteiger partial charge in [-0.3, -0.25) is 9.59 Å². The van der Waals surface area contributed by atoms with Crippen molar-refractivity contribution in [2.24, 2.45) is 5.73 Å². The molecule has 1 saturated heterocycles. The average Bonchev–Trinajstić information content (AvgIpc) is 2.33. The van der Waals surface area contributed by atoms with Crippen LogP contribution >= 0.6 is 0 Å². The van der Waals surface area contributed by atoms with Gasteiger partial charge >= 0.3 is 0 Å². The van der Waals surface area contributed by atoms with Crippen molar-refractivity contribution in [2.45, 2.75) is 32.7 Å². The number of carbonyl (C=O) groups excluding carboxylic acids is 2. The minimum absolute atomic E-state index is 0.176. The Morgan fingerprint density at radius 1 is 1.75 bits per heavy atom. The van der Waals surface area contributed by atoms with Gasteiger partial charge in [-0.25, -0.2) is 0 Å². The lowest BCUT2D eigenvalue weighted by atomic mass is 10.2. The minimum Gasteiger partial charge on any atom is -0.370 e. The zero-order valence-corrected chi connectivity index (χ0v) is 7.59. The fraction of sp³-hybridized carbons (Fsp3) is 0.750. The van der Waals surface area contributed by atoms with E-state index in [-0.39, 0.29) is 11.9 Å². The summed E-state index contributed by atoms with van der Waals surface area (Å²) in [4.78, 5) is 20.0. The molecule has 0 unspecified atom stereocenters. The molecule has 1 rings (SSSR count). The molecule has 0 bridgehead atoms. The molecule has 0 aromatic heterocycles. The highest BCUT2D eigenvalue weighted by atomic mass is 16.1. The number of nitrogens with two attached hydrogens (primary N) is 1. The summed E-state index contributed by atoms with van der Waals surface area (Å²) < 4.78 is 0. The lowest BCUT2D eigenvalue weighted by molar-refractivity contribution is -0.118. The SMILES string of the molecule is CC(N)=O.CC[C@@H]1NCCC1=O. The van der Waals surface area contributed by atoms with Crippen LogP contribution in [0.1, 0.15) is 26.7 Å². The summed E-state index contributed by atoms with van der Waals surface area (Å²) in [7, 11) is 0. The normalized spacial score (nSPS) is 21.5. The van der Waals surface area contributed by atoms with Crippen molar-refractivity contribution < 1.29 is 9.59 Å². The molecule has 0 aliphatic carbocycles. The third-order valence-corrected chi connectivity index (χ3v) is 1.56. The van der Waals surface area contributed by atoms with Crippen LogP contribution in [0.25, 0.3) is 0 Å². The largest absolute Gasteiger partial charge is 0.370 e. The maximum Gasteiger partial charge on any atom is 0.214 e. The first kappa shape index (κ1) is 11.1. The zero-order chi connectivity index (χ0) is 9.56. The lowest BCUT2D eigenvalue weighted by Gasteiger charge is -2.01. The van der Waals surface area contributed by atoms with E-state index in [0.717, 1.165) is 19.4 Å². The number of primary amides is 1. The van der Waals surface area contributed by atoms with E-state index in [0.29, 0.717) is 5.78 Å². The molecule has 1 amide bonds. The molecular weight excluding hydrogens is 156 g/mol. The number of amides is 1. The second kappa shape index (κ2) is 5.71. The number of ketones is 1. The molecule has 1 aliphatic rings. The molecule has 0 radical (unpaired) electrons. The summed E-state index contributed by atoms with van der Waals surface area (Å²) in [5.74, 6) is 0.0486. The van der Waals surface area contributed by atoms with Crippen LogP contribution in [0.2, 0.25) is 0 Å². The summed E-state index contributed by atoms with van der Waals surface area (Å²) in [5, 5.41) is 3.11.